The Morgan fingerprint density at radius 2 is 2.00 bits per heavy atom. The minimum atomic E-state index is -0.486. The van der Waals surface area contributed by atoms with E-state index in [-0.39, 0.29) is 12.4 Å². The van der Waals surface area contributed by atoms with Gasteiger partial charge in [-0.15, -0.1) is 11.3 Å². The van der Waals surface area contributed by atoms with Crippen molar-refractivity contribution in [3.05, 3.63) is 34.2 Å². The second-order valence-electron chi connectivity index (χ2n) is 6.11. The van der Waals surface area contributed by atoms with Crippen LogP contribution in [0.25, 0.3) is 0 Å². The Balaban J connectivity index is 1.91. The SMILES string of the molecule is CCOC(=O)c1c(NC(=O)c2nccn2C)sc2c1CCN(C(=O)OCC)C2. The summed E-state index contributed by atoms with van der Waals surface area (Å²) in [5.74, 6) is -0.673. The van der Waals surface area contributed by atoms with Crippen LogP contribution in [0.4, 0.5) is 9.80 Å². The Kier molecular flexibility index (Phi) is 5.98. The molecule has 3 rings (SSSR count). The summed E-state index contributed by atoms with van der Waals surface area (Å²) in [5.41, 5.74) is 1.16. The van der Waals surface area contributed by atoms with Crippen LogP contribution in [0.5, 0.6) is 0 Å². The van der Waals surface area contributed by atoms with Gasteiger partial charge in [0.2, 0.25) is 0 Å². The van der Waals surface area contributed by atoms with Gasteiger partial charge in [0, 0.05) is 30.9 Å². The van der Waals surface area contributed by atoms with Gasteiger partial charge < -0.3 is 24.3 Å². The third kappa shape index (κ3) is 3.86. The van der Waals surface area contributed by atoms with Crippen molar-refractivity contribution in [3.63, 3.8) is 0 Å². The largest absolute Gasteiger partial charge is 0.462 e. The zero-order valence-corrected chi connectivity index (χ0v) is 16.8. The number of esters is 1. The van der Waals surface area contributed by atoms with E-state index in [0.29, 0.717) is 36.7 Å². The molecule has 2 aromatic rings. The molecule has 0 atom stereocenters. The van der Waals surface area contributed by atoms with Crippen LogP contribution in [-0.4, -0.2) is 52.2 Å². The monoisotopic (exact) mass is 406 g/mol. The molecule has 2 amide bonds. The number of carbonyl (C=O) groups excluding carboxylic acids is 3. The molecule has 0 spiro atoms. The van der Waals surface area contributed by atoms with Crippen LogP contribution in [0.3, 0.4) is 0 Å². The number of thiophene rings is 1. The number of fused-ring (bicyclic) bond motifs is 1. The number of imidazole rings is 1. The van der Waals surface area contributed by atoms with E-state index < -0.39 is 18.0 Å². The Morgan fingerprint density at radius 1 is 1.25 bits per heavy atom. The Hall–Kier alpha value is -2.88. The predicted molar refractivity (Wildman–Crippen MR) is 103 cm³/mol. The summed E-state index contributed by atoms with van der Waals surface area (Å²) in [6, 6.07) is 0. The summed E-state index contributed by atoms with van der Waals surface area (Å²) in [7, 11) is 1.71. The summed E-state index contributed by atoms with van der Waals surface area (Å²) in [4.78, 5) is 43.6. The van der Waals surface area contributed by atoms with Gasteiger partial charge in [-0.05, 0) is 25.8 Å². The lowest BCUT2D eigenvalue weighted by atomic mass is 10.0. The second kappa shape index (κ2) is 8.42. The Morgan fingerprint density at radius 3 is 2.64 bits per heavy atom. The molecule has 2 aromatic heterocycles. The molecular weight excluding hydrogens is 384 g/mol. The first-order valence-electron chi connectivity index (χ1n) is 8.98. The molecule has 3 heterocycles. The van der Waals surface area contributed by atoms with E-state index >= 15 is 0 Å². The minimum absolute atomic E-state index is 0.227. The van der Waals surface area contributed by atoms with Gasteiger partial charge in [0.25, 0.3) is 5.91 Å². The highest BCUT2D eigenvalue weighted by Crippen LogP contribution is 2.38. The van der Waals surface area contributed by atoms with Crippen molar-refractivity contribution in [2.75, 3.05) is 25.1 Å². The number of aryl methyl sites for hydroxylation is 1. The fourth-order valence-electron chi connectivity index (χ4n) is 3.02. The van der Waals surface area contributed by atoms with Gasteiger partial charge in [0.15, 0.2) is 5.82 Å². The highest BCUT2D eigenvalue weighted by molar-refractivity contribution is 7.17. The number of amides is 2. The first-order valence-corrected chi connectivity index (χ1v) is 9.79. The molecule has 0 radical (unpaired) electrons. The Bertz CT molecular complexity index is 904. The fraction of sp³-hybridized carbons (Fsp3) is 0.444. The van der Waals surface area contributed by atoms with Gasteiger partial charge in [-0.2, -0.15) is 0 Å². The van der Waals surface area contributed by atoms with Crippen LogP contribution in [0.1, 0.15) is 45.3 Å². The molecule has 10 heteroatoms. The van der Waals surface area contributed by atoms with E-state index in [4.69, 9.17) is 9.47 Å². The number of nitrogens with one attached hydrogen (secondary N) is 1. The van der Waals surface area contributed by atoms with Crippen LogP contribution >= 0.6 is 11.3 Å². The van der Waals surface area contributed by atoms with Crippen molar-refractivity contribution < 1.29 is 23.9 Å². The Labute approximate surface area is 166 Å². The first-order chi connectivity index (χ1) is 13.5. The van der Waals surface area contributed by atoms with Crippen molar-refractivity contribution in [1.29, 1.82) is 0 Å². The van der Waals surface area contributed by atoms with Crippen LogP contribution in [0.2, 0.25) is 0 Å². The molecule has 0 fully saturated rings. The molecule has 1 aliphatic rings. The molecule has 0 saturated carbocycles. The molecular formula is C18H22N4O5S. The van der Waals surface area contributed by atoms with Gasteiger partial charge in [0.05, 0.1) is 25.3 Å². The first kappa shape index (κ1) is 19.9. The average molecular weight is 406 g/mol. The summed E-state index contributed by atoms with van der Waals surface area (Å²) in [5, 5.41) is 3.19. The summed E-state index contributed by atoms with van der Waals surface area (Å²) < 4.78 is 11.9. The van der Waals surface area contributed by atoms with Crippen LogP contribution in [0.15, 0.2) is 12.4 Å². The molecule has 1 N–H and O–H groups in total. The molecule has 9 nitrogen and oxygen atoms in total. The van der Waals surface area contributed by atoms with E-state index in [1.165, 1.54) is 17.5 Å². The van der Waals surface area contributed by atoms with Gasteiger partial charge >= 0.3 is 12.1 Å². The lowest BCUT2D eigenvalue weighted by molar-refractivity contribution is 0.0526. The minimum Gasteiger partial charge on any atom is -0.462 e. The maximum Gasteiger partial charge on any atom is 0.410 e. The van der Waals surface area contributed by atoms with Gasteiger partial charge in [-0.1, -0.05) is 0 Å². The maximum atomic E-state index is 12.6. The second-order valence-corrected chi connectivity index (χ2v) is 7.22. The van der Waals surface area contributed by atoms with Gasteiger partial charge in [-0.3, -0.25) is 4.79 Å². The molecule has 150 valence electrons. The lowest BCUT2D eigenvalue weighted by Crippen LogP contribution is -2.36. The topological polar surface area (TPSA) is 103 Å². The van der Waals surface area contributed by atoms with Crippen molar-refractivity contribution in [2.24, 2.45) is 7.05 Å². The standard InChI is InChI=1S/C18H22N4O5S/c1-4-26-17(24)13-11-6-8-22(18(25)27-5-2)10-12(11)28-16(13)20-15(23)14-19-7-9-21(14)3/h7,9H,4-6,8,10H2,1-3H3,(H,20,23). The van der Waals surface area contributed by atoms with Crippen molar-refractivity contribution in [2.45, 2.75) is 26.8 Å². The van der Waals surface area contributed by atoms with Crippen LogP contribution in [-0.2, 0) is 29.5 Å². The van der Waals surface area contributed by atoms with Gasteiger partial charge in [-0.25, -0.2) is 14.6 Å². The van der Waals surface area contributed by atoms with Crippen LogP contribution in [0, 0.1) is 0 Å². The summed E-state index contributed by atoms with van der Waals surface area (Å²) in [6.07, 6.45) is 3.28. The fourth-order valence-corrected chi connectivity index (χ4v) is 4.27. The molecule has 28 heavy (non-hydrogen) atoms. The zero-order valence-electron chi connectivity index (χ0n) is 16.0. The van der Waals surface area contributed by atoms with E-state index in [0.717, 1.165) is 10.4 Å². The number of anilines is 1. The maximum absolute atomic E-state index is 12.6. The van der Waals surface area contributed by atoms with E-state index in [9.17, 15) is 14.4 Å². The van der Waals surface area contributed by atoms with Crippen molar-refractivity contribution >= 4 is 34.3 Å². The highest BCUT2D eigenvalue weighted by Gasteiger charge is 2.31. The van der Waals surface area contributed by atoms with E-state index in [1.807, 2.05) is 0 Å². The summed E-state index contributed by atoms with van der Waals surface area (Å²) in [6.45, 7) is 4.76. The lowest BCUT2D eigenvalue weighted by Gasteiger charge is -2.26. The van der Waals surface area contributed by atoms with E-state index in [1.54, 1.807) is 36.6 Å². The summed E-state index contributed by atoms with van der Waals surface area (Å²) >= 11 is 1.27. The number of hydrogen-bond donors (Lipinski definition) is 1. The third-order valence-corrected chi connectivity index (χ3v) is 5.45. The highest BCUT2D eigenvalue weighted by atomic mass is 32.1. The quantitative estimate of drug-likeness (QED) is 0.765. The predicted octanol–water partition coefficient (Wildman–Crippen LogP) is 2.43. The molecule has 0 aromatic carbocycles. The number of rotatable bonds is 5. The van der Waals surface area contributed by atoms with Gasteiger partial charge in [0.1, 0.15) is 5.00 Å². The number of aromatic nitrogens is 2. The molecule has 1 aliphatic heterocycles. The van der Waals surface area contributed by atoms with Crippen molar-refractivity contribution in [3.8, 4) is 0 Å². The third-order valence-electron chi connectivity index (χ3n) is 4.31. The molecule has 0 saturated heterocycles. The number of hydrogen-bond acceptors (Lipinski definition) is 7. The molecule has 0 unspecified atom stereocenters. The smallest absolute Gasteiger partial charge is 0.410 e. The molecule has 0 bridgehead atoms. The number of ether oxygens (including phenoxy) is 2. The van der Waals surface area contributed by atoms with Crippen molar-refractivity contribution in [1.82, 2.24) is 14.5 Å². The van der Waals surface area contributed by atoms with Crippen LogP contribution < -0.4 is 5.32 Å². The average Bonchev–Trinajstić information content (AvgIpc) is 3.24. The number of carbonyl (C=O) groups is 3. The zero-order chi connectivity index (χ0) is 20.3. The van der Waals surface area contributed by atoms with E-state index in [2.05, 4.69) is 10.3 Å². The number of nitrogens with zero attached hydrogens (tertiary/aromatic N) is 3. The normalized spacial score (nSPS) is 13.0. The molecule has 0 aliphatic carbocycles.